The summed E-state index contributed by atoms with van der Waals surface area (Å²) in [4.78, 5) is 31.0. The van der Waals surface area contributed by atoms with E-state index in [1.54, 1.807) is 0 Å². The van der Waals surface area contributed by atoms with Crippen LogP contribution < -0.4 is 9.80 Å². The Balaban J connectivity index is 1.81. The molecule has 0 saturated carbocycles. The maximum atomic E-state index is 14.0. The van der Waals surface area contributed by atoms with Gasteiger partial charge in [0.05, 0.1) is 11.4 Å². The fourth-order valence-electron chi connectivity index (χ4n) is 4.08. The van der Waals surface area contributed by atoms with Crippen molar-refractivity contribution < 1.29 is 9.59 Å². The number of carbonyl (C=O) groups excluding carboxylic acids is 2. The van der Waals surface area contributed by atoms with Gasteiger partial charge in [0.25, 0.3) is 11.8 Å². The summed E-state index contributed by atoms with van der Waals surface area (Å²) in [5, 5.41) is 0.122. The van der Waals surface area contributed by atoms with Crippen LogP contribution in [0.15, 0.2) is 127 Å². The number of carbonyl (C=O) groups is 2. The highest BCUT2D eigenvalue weighted by atomic mass is 32.1. The zero-order chi connectivity index (χ0) is 23.5. The molecule has 4 aromatic carbocycles. The van der Waals surface area contributed by atoms with E-state index in [4.69, 9.17) is 12.2 Å². The Morgan fingerprint density at radius 2 is 0.824 bits per heavy atom. The number of amides is 2. The molecule has 2 amide bonds. The lowest BCUT2D eigenvalue weighted by Crippen LogP contribution is -2.57. The number of hydrogen-bond donors (Lipinski definition) is 0. The van der Waals surface area contributed by atoms with E-state index in [9.17, 15) is 9.59 Å². The van der Waals surface area contributed by atoms with Crippen LogP contribution in [0.3, 0.4) is 0 Å². The lowest BCUT2D eigenvalue weighted by atomic mass is 9.90. The average Bonchev–Trinajstić information content (AvgIpc) is 2.89. The Bertz CT molecular complexity index is 1280. The van der Waals surface area contributed by atoms with E-state index in [0.29, 0.717) is 16.9 Å². The van der Waals surface area contributed by atoms with E-state index < -0.39 is 11.8 Å². The van der Waals surface area contributed by atoms with Crippen molar-refractivity contribution in [3.8, 4) is 0 Å². The lowest BCUT2D eigenvalue weighted by molar-refractivity contribution is -0.120. The minimum absolute atomic E-state index is 0.0682. The van der Waals surface area contributed by atoms with Gasteiger partial charge in [0, 0.05) is 5.57 Å². The molecule has 4 nitrogen and oxygen atoms in total. The highest BCUT2D eigenvalue weighted by Crippen LogP contribution is 2.35. The van der Waals surface area contributed by atoms with Crippen LogP contribution in [0.25, 0.3) is 5.57 Å². The smallest absolute Gasteiger partial charge is 0.268 e. The molecule has 1 aliphatic heterocycles. The highest BCUT2D eigenvalue weighted by Gasteiger charge is 2.43. The van der Waals surface area contributed by atoms with E-state index in [1.807, 2.05) is 121 Å². The first-order chi connectivity index (χ1) is 16.7. The molecule has 0 radical (unpaired) electrons. The van der Waals surface area contributed by atoms with Crippen molar-refractivity contribution in [2.45, 2.75) is 0 Å². The maximum Gasteiger partial charge on any atom is 0.270 e. The predicted octanol–water partition coefficient (Wildman–Crippen LogP) is 5.85. The molecule has 34 heavy (non-hydrogen) atoms. The molecule has 4 aromatic rings. The van der Waals surface area contributed by atoms with Gasteiger partial charge >= 0.3 is 0 Å². The van der Waals surface area contributed by atoms with Crippen LogP contribution in [0, 0.1) is 0 Å². The molecule has 1 saturated heterocycles. The van der Waals surface area contributed by atoms with Gasteiger partial charge in [-0.15, -0.1) is 0 Å². The quantitative estimate of drug-likeness (QED) is 0.218. The molecule has 1 fully saturated rings. The number of anilines is 2. The number of hydrogen-bond acceptors (Lipinski definition) is 3. The highest BCUT2D eigenvalue weighted by molar-refractivity contribution is 7.81. The third-order valence-electron chi connectivity index (χ3n) is 5.62. The number of para-hydroxylation sites is 2. The molecule has 5 heteroatoms. The second-order valence-corrected chi connectivity index (χ2v) is 8.08. The Kier molecular flexibility index (Phi) is 5.85. The first kappa shape index (κ1) is 21.5. The van der Waals surface area contributed by atoms with Gasteiger partial charge in [0.2, 0.25) is 0 Å². The number of thiocarbonyl (C=S) groups is 1. The number of benzene rings is 4. The third-order valence-corrected chi connectivity index (χ3v) is 5.99. The van der Waals surface area contributed by atoms with Gasteiger partial charge in [-0.3, -0.25) is 19.4 Å². The van der Waals surface area contributed by atoms with Crippen LogP contribution in [0.2, 0.25) is 0 Å². The minimum atomic E-state index is -0.448. The molecular weight excluding hydrogens is 440 g/mol. The van der Waals surface area contributed by atoms with Crippen LogP contribution in [-0.4, -0.2) is 16.9 Å². The topological polar surface area (TPSA) is 40.6 Å². The molecule has 5 rings (SSSR count). The van der Waals surface area contributed by atoms with E-state index in [-0.39, 0.29) is 10.7 Å². The van der Waals surface area contributed by atoms with Gasteiger partial charge in [-0.05, 0) is 47.6 Å². The molecule has 0 N–H and O–H groups in total. The fraction of sp³-hybridized carbons (Fsp3) is 0. The first-order valence-corrected chi connectivity index (χ1v) is 11.3. The summed E-state index contributed by atoms with van der Waals surface area (Å²) in [7, 11) is 0. The molecule has 0 atom stereocenters. The zero-order valence-electron chi connectivity index (χ0n) is 18.2. The van der Waals surface area contributed by atoms with Crippen molar-refractivity contribution in [3.63, 3.8) is 0 Å². The molecule has 0 unspecified atom stereocenters. The van der Waals surface area contributed by atoms with E-state index in [2.05, 4.69) is 0 Å². The van der Waals surface area contributed by atoms with E-state index >= 15 is 0 Å². The van der Waals surface area contributed by atoms with Crippen molar-refractivity contribution in [2.24, 2.45) is 0 Å². The molecular formula is C29H20N2O2S. The van der Waals surface area contributed by atoms with Gasteiger partial charge in [-0.1, -0.05) is 97.1 Å². The van der Waals surface area contributed by atoms with Crippen LogP contribution in [0.1, 0.15) is 11.1 Å². The summed E-state index contributed by atoms with van der Waals surface area (Å²) in [5.74, 6) is -0.896. The van der Waals surface area contributed by atoms with Gasteiger partial charge in [-0.25, -0.2) is 0 Å². The average molecular weight is 461 g/mol. The molecule has 1 aliphatic rings. The summed E-state index contributed by atoms with van der Waals surface area (Å²) in [5.41, 5.74) is 3.39. The number of nitrogens with zero attached hydrogens (tertiary/aromatic N) is 2. The second kappa shape index (κ2) is 9.25. The van der Waals surface area contributed by atoms with Gasteiger partial charge in [0.15, 0.2) is 5.11 Å². The summed E-state index contributed by atoms with van der Waals surface area (Å²) in [6, 6.07) is 37.4. The fourth-order valence-corrected chi connectivity index (χ4v) is 4.45. The Labute approximate surface area is 203 Å². The first-order valence-electron chi connectivity index (χ1n) is 10.8. The van der Waals surface area contributed by atoms with Crippen molar-refractivity contribution in [2.75, 3.05) is 9.80 Å². The summed E-state index contributed by atoms with van der Waals surface area (Å²) < 4.78 is 0. The van der Waals surface area contributed by atoms with Crippen molar-refractivity contribution in [3.05, 3.63) is 138 Å². The van der Waals surface area contributed by atoms with E-state index in [1.165, 1.54) is 9.80 Å². The monoisotopic (exact) mass is 460 g/mol. The lowest BCUT2D eigenvalue weighted by Gasteiger charge is -2.37. The SMILES string of the molecule is O=C1C(=C(c2ccccc2)c2ccccc2)C(=O)N(c2ccccc2)C(=S)N1c1ccccc1. The predicted molar refractivity (Wildman–Crippen MR) is 139 cm³/mol. The number of rotatable bonds is 4. The molecule has 164 valence electrons. The van der Waals surface area contributed by atoms with Gasteiger partial charge < -0.3 is 0 Å². The van der Waals surface area contributed by atoms with Crippen molar-refractivity contribution >= 4 is 46.1 Å². The molecule has 1 heterocycles. The zero-order valence-corrected chi connectivity index (χ0v) is 19.0. The summed E-state index contributed by atoms with van der Waals surface area (Å²) >= 11 is 5.73. The van der Waals surface area contributed by atoms with Gasteiger partial charge in [-0.2, -0.15) is 0 Å². The van der Waals surface area contributed by atoms with Crippen LogP contribution in [-0.2, 0) is 9.59 Å². The Morgan fingerprint density at radius 3 is 1.18 bits per heavy atom. The van der Waals surface area contributed by atoms with E-state index in [0.717, 1.165) is 11.1 Å². The van der Waals surface area contributed by atoms with Crippen molar-refractivity contribution in [1.29, 1.82) is 0 Å². The maximum absolute atomic E-state index is 14.0. The molecule has 0 bridgehead atoms. The summed E-state index contributed by atoms with van der Waals surface area (Å²) in [6.45, 7) is 0. The van der Waals surface area contributed by atoms with Crippen molar-refractivity contribution in [1.82, 2.24) is 0 Å². The second-order valence-electron chi connectivity index (χ2n) is 7.72. The minimum Gasteiger partial charge on any atom is -0.268 e. The third kappa shape index (κ3) is 3.83. The largest absolute Gasteiger partial charge is 0.270 e. The molecule has 0 aliphatic carbocycles. The van der Waals surface area contributed by atoms with Crippen LogP contribution in [0.4, 0.5) is 11.4 Å². The van der Waals surface area contributed by atoms with Crippen LogP contribution in [0.5, 0.6) is 0 Å². The standard InChI is InChI=1S/C29H20N2O2S/c32-27-26(25(21-13-5-1-6-14-21)22-15-7-2-8-16-22)28(33)31(24-19-11-4-12-20-24)29(34)30(27)23-17-9-3-10-18-23/h1-20H. The Morgan fingerprint density at radius 1 is 0.500 bits per heavy atom. The molecule has 0 aromatic heterocycles. The molecule has 0 spiro atoms. The summed E-state index contributed by atoms with van der Waals surface area (Å²) in [6.07, 6.45) is 0. The van der Waals surface area contributed by atoms with Crippen LogP contribution >= 0.6 is 12.2 Å². The normalized spacial score (nSPS) is 13.9. The van der Waals surface area contributed by atoms with Gasteiger partial charge in [0.1, 0.15) is 5.57 Å². The Hall–Kier alpha value is -4.35.